The van der Waals surface area contributed by atoms with Crippen molar-refractivity contribution >= 4 is 41.4 Å². The zero-order valence-corrected chi connectivity index (χ0v) is 32.6. The highest BCUT2D eigenvalue weighted by Crippen LogP contribution is 2.25. The summed E-state index contributed by atoms with van der Waals surface area (Å²) in [5.74, 6) is -2.38. The average molecular weight is 773 g/mol. The van der Waals surface area contributed by atoms with Gasteiger partial charge in [-0.1, -0.05) is 38.7 Å². The summed E-state index contributed by atoms with van der Waals surface area (Å²) in [5, 5.41) is 18.0. The van der Waals surface area contributed by atoms with Crippen LogP contribution in [0, 0.1) is 5.92 Å². The van der Waals surface area contributed by atoms with Gasteiger partial charge in [0, 0.05) is 85.0 Å². The number of likely N-dealkylation sites (tertiary alicyclic amines) is 1. The first-order valence-corrected chi connectivity index (χ1v) is 19.8. The second kappa shape index (κ2) is 19.5. The maximum Gasteiger partial charge on any atom is 0.251 e. The lowest BCUT2D eigenvalue weighted by molar-refractivity contribution is -0.130. The van der Waals surface area contributed by atoms with Crippen LogP contribution in [0.2, 0.25) is 0 Å². The van der Waals surface area contributed by atoms with E-state index in [1.807, 2.05) is 0 Å². The Balaban J connectivity index is 1.33. The molecule has 2 aliphatic carbocycles. The third kappa shape index (κ3) is 10.9. The molecule has 3 aliphatic rings. The van der Waals surface area contributed by atoms with Gasteiger partial charge in [-0.3, -0.25) is 33.6 Å². The molecule has 2 aromatic rings. The number of likely N-dealkylation sites (N-methyl/N-ethyl adjacent to an activating group) is 1. The van der Waals surface area contributed by atoms with E-state index in [9.17, 15) is 33.6 Å². The fraction of sp³-hybridized carbons (Fsp3) is 0.537. The lowest BCUT2D eigenvalue weighted by Crippen LogP contribution is -2.53. The summed E-state index contributed by atoms with van der Waals surface area (Å²) in [6.45, 7) is 2.73. The first-order valence-electron chi connectivity index (χ1n) is 19.8. The Bertz CT molecular complexity index is 1800. The van der Waals surface area contributed by atoms with E-state index < -0.39 is 41.8 Å². The number of carbonyl (C=O) groups is 7. The van der Waals surface area contributed by atoms with Crippen LogP contribution < -0.4 is 37.6 Å². The minimum Gasteiger partial charge on any atom is -0.366 e. The topological polar surface area (TPSA) is 221 Å². The number of primary amides is 1. The molecule has 56 heavy (non-hydrogen) atoms. The molecule has 0 unspecified atom stereocenters. The van der Waals surface area contributed by atoms with Crippen LogP contribution in [0.15, 0.2) is 42.5 Å². The second-order valence-electron chi connectivity index (χ2n) is 15.3. The van der Waals surface area contributed by atoms with E-state index in [1.165, 1.54) is 30.3 Å². The number of hydrogen-bond donors (Lipinski definition) is 7. The highest BCUT2D eigenvalue weighted by atomic mass is 16.2. The summed E-state index contributed by atoms with van der Waals surface area (Å²) in [4.78, 5) is 92.9. The predicted molar refractivity (Wildman–Crippen MR) is 210 cm³/mol. The summed E-state index contributed by atoms with van der Waals surface area (Å²) in [6, 6.07) is 8.99. The van der Waals surface area contributed by atoms with Crippen LogP contribution in [-0.4, -0.2) is 104 Å². The maximum absolute atomic E-state index is 14.0. The number of nitrogens with two attached hydrogens (primary N) is 1. The third-order valence-corrected chi connectivity index (χ3v) is 11.4. The highest BCUT2D eigenvalue weighted by Gasteiger charge is 2.36. The lowest BCUT2D eigenvalue weighted by Gasteiger charge is -2.33. The van der Waals surface area contributed by atoms with Crippen molar-refractivity contribution in [2.75, 3.05) is 27.2 Å². The molecular formula is C41H56N8O7. The maximum atomic E-state index is 14.0. The van der Waals surface area contributed by atoms with Crippen molar-refractivity contribution in [1.82, 2.24) is 36.8 Å². The second-order valence-corrected chi connectivity index (χ2v) is 15.3. The van der Waals surface area contributed by atoms with Crippen LogP contribution in [-0.2, 0) is 9.59 Å². The van der Waals surface area contributed by atoms with Gasteiger partial charge < -0.3 is 42.5 Å². The van der Waals surface area contributed by atoms with Crippen molar-refractivity contribution in [3.05, 3.63) is 70.3 Å². The van der Waals surface area contributed by atoms with E-state index in [2.05, 4.69) is 38.8 Å². The Labute approximate surface area is 328 Å². The van der Waals surface area contributed by atoms with Crippen molar-refractivity contribution < 1.29 is 33.6 Å². The Morgan fingerprint density at radius 3 is 1.61 bits per heavy atom. The smallest absolute Gasteiger partial charge is 0.251 e. The number of carbonyl (C=O) groups excluding carboxylic acids is 7. The van der Waals surface area contributed by atoms with Crippen molar-refractivity contribution in [3.8, 4) is 0 Å². The Morgan fingerprint density at radius 1 is 0.607 bits per heavy atom. The Morgan fingerprint density at radius 2 is 1.07 bits per heavy atom. The molecular weight excluding hydrogens is 716 g/mol. The summed E-state index contributed by atoms with van der Waals surface area (Å²) >= 11 is 0. The average Bonchev–Trinajstić information content (AvgIpc) is 3.61. The van der Waals surface area contributed by atoms with Crippen molar-refractivity contribution in [2.24, 2.45) is 11.7 Å². The molecule has 1 heterocycles. The molecule has 5 rings (SSSR count). The van der Waals surface area contributed by atoms with Crippen LogP contribution >= 0.6 is 0 Å². The highest BCUT2D eigenvalue weighted by molar-refractivity contribution is 6.05. The quantitative estimate of drug-likeness (QED) is 0.150. The summed E-state index contributed by atoms with van der Waals surface area (Å²) < 4.78 is 0. The SMILES string of the molecule is CNC(=O)CCCC(=O)N1C[C@H](NC)[C@@H](NC(=O)c2cc(C(=O)N[C@@H]3CCCC[C@H]3C)cc(C(=O)N[C@@H]3CCCC[C@H]3NC(=O)c3cccc(C(N)=O)c3)c2)C1. The van der Waals surface area contributed by atoms with E-state index in [-0.39, 0.29) is 82.9 Å². The summed E-state index contributed by atoms with van der Waals surface area (Å²) in [5.41, 5.74) is 6.31. The number of rotatable bonds is 14. The Kier molecular flexibility index (Phi) is 14.6. The molecule has 1 aliphatic heterocycles. The van der Waals surface area contributed by atoms with E-state index in [0.29, 0.717) is 25.8 Å². The lowest BCUT2D eigenvalue weighted by atomic mass is 9.86. The van der Waals surface area contributed by atoms with Gasteiger partial charge in [-0.25, -0.2) is 0 Å². The minimum atomic E-state index is -0.646. The third-order valence-electron chi connectivity index (χ3n) is 11.4. The molecule has 7 amide bonds. The fourth-order valence-electron chi connectivity index (χ4n) is 7.98. The first kappa shape index (κ1) is 41.8. The standard InChI is InChI=1S/C41H56N8O7/c1-24-10-4-5-13-30(24)45-39(54)27-19-28(40(55)47-32-15-7-6-14-31(32)46-38(53)26-12-8-11-25(18-26)37(42)52)21-29(20-27)41(56)48-34-23-49(22-33(34)43-2)36(51)17-9-16-35(50)44-3/h8,11-12,18-21,24,30-34,43H,4-7,9-10,13-17,22-23H2,1-3H3,(H2,42,52)(H,44,50)(H,45,54)(H,46,53)(H,47,55)(H,48,56)/t24-,30-,31-,32-,33+,34+/m1/s1. The van der Waals surface area contributed by atoms with Gasteiger partial charge in [0.1, 0.15) is 0 Å². The van der Waals surface area contributed by atoms with Gasteiger partial charge in [0.25, 0.3) is 23.6 Å². The molecule has 1 saturated heterocycles. The zero-order valence-electron chi connectivity index (χ0n) is 32.6. The van der Waals surface area contributed by atoms with Gasteiger partial charge in [-0.05, 0) is 81.5 Å². The predicted octanol–water partition coefficient (Wildman–Crippen LogP) is 2.01. The van der Waals surface area contributed by atoms with Crippen LogP contribution in [0.1, 0.15) is 129 Å². The van der Waals surface area contributed by atoms with E-state index in [1.54, 1.807) is 31.1 Å². The first-order chi connectivity index (χ1) is 26.9. The molecule has 15 heteroatoms. The molecule has 0 spiro atoms. The van der Waals surface area contributed by atoms with Crippen LogP contribution in [0.5, 0.6) is 0 Å². The van der Waals surface area contributed by atoms with Gasteiger partial charge in [-0.15, -0.1) is 0 Å². The number of amides is 7. The summed E-state index contributed by atoms with van der Waals surface area (Å²) in [7, 11) is 3.30. The molecule has 15 nitrogen and oxygen atoms in total. The number of nitrogens with one attached hydrogen (secondary N) is 6. The van der Waals surface area contributed by atoms with Crippen molar-refractivity contribution in [1.29, 1.82) is 0 Å². The number of benzene rings is 2. The molecule has 8 N–H and O–H groups in total. The van der Waals surface area contributed by atoms with E-state index in [4.69, 9.17) is 5.73 Å². The molecule has 0 bridgehead atoms. The number of nitrogens with zero attached hydrogens (tertiary/aromatic N) is 1. The molecule has 0 aromatic heterocycles. The molecule has 302 valence electrons. The number of hydrogen-bond acceptors (Lipinski definition) is 8. The molecule has 2 aromatic carbocycles. The van der Waals surface area contributed by atoms with Gasteiger partial charge in [0.15, 0.2) is 0 Å². The van der Waals surface area contributed by atoms with E-state index in [0.717, 1.165) is 38.5 Å². The summed E-state index contributed by atoms with van der Waals surface area (Å²) in [6.07, 6.45) is 7.68. The molecule has 2 saturated carbocycles. The largest absolute Gasteiger partial charge is 0.366 e. The van der Waals surface area contributed by atoms with Crippen LogP contribution in [0.4, 0.5) is 0 Å². The van der Waals surface area contributed by atoms with Gasteiger partial charge >= 0.3 is 0 Å². The monoisotopic (exact) mass is 772 g/mol. The molecule has 0 radical (unpaired) electrons. The fourth-order valence-corrected chi connectivity index (χ4v) is 7.98. The Hall–Kier alpha value is -5.31. The van der Waals surface area contributed by atoms with Crippen LogP contribution in [0.25, 0.3) is 0 Å². The van der Waals surface area contributed by atoms with Crippen LogP contribution in [0.3, 0.4) is 0 Å². The van der Waals surface area contributed by atoms with Crippen molar-refractivity contribution in [3.63, 3.8) is 0 Å². The molecule has 6 atom stereocenters. The minimum absolute atomic E-state index is 0.0314. The van der Waals surface area contributed by atoms with E-state index >= 15 is 0 Å². The van der Waals surface area contributed by atoms with Gasteiger partial charge in [-0.2, -0.15) is 0 Å². The molecule has 3 fully saturated rings. The van der Waals surface area contributed by atoms with Crippen molar-refractivity contribution in [2.45, 2.75) is 108 Å². The normalized spacial score (nSPS) is 23.4. The van der Waals surface area contributed by atoms with Gasteiger partial charge in [0.2, 0.25) is 17.7 Å². The van der Waals surface area contributed by atoms with Gasteiger partial charge in [0.05, 0.1) is 6.04 Å². The zero-order chi connectivity index (χ0) is 40.4.